The molecule has 6 rings (SSSR count). The molecule has 0 bridgehead atoms. The van der Waals surface area contributed by atoms with Crippen LogP contribution >= 0.6 is 0 Å². The summed E-state index contributed by atoms with van der Waals surface area (Å²) >= 11 is 0. The Morgan fingerprint density at radius 3 is 1.09 bits per heavy atom. The van der Waals surface area contributed by atoms with Gasteiger partial charge in [-0.25, -0.2) is 0 Å². The summed E-state index contributed by atoms with van der Waals surface area (Å²) in [6.07, 6.45) is 12.4. The summed E-state index contributed by atoms with van der Waals surface area (Å²) in [7, 11) is 0. The van der Waals surface area contributed by atoms with Crippen LogP contribution in [0.4, 0.5) is 0 Å². The highest BCUT2D eigenvalue weighted by Crippen LogP contribution is 2.35. The average Bonchev–Trinajstić information content (AvgIpc) is 3.09. The molecule has 0 N–H and O–H groups in total. The highest BCUT2D eigenvalue weighted by Gasteiger charge is 2.13. The van der Waals surface area contributed by atoms with Crippen LogP contribution in [0, 0.1) is 0 Å². The topological polar surface area (TPSA) is 9.23 Å². The van der Waals surface area contributed by atoms with Gasteiger partial charge >= 0.3 is 0 Å². The molecule has 1 nitrogen and oxygen atoms in total. The summed E-state index contributed by atoms with van der Waals surface area (Å²) in [4.78, 5) is 0. The Kier molecular flexibility index (Phi) is 10.1. The van der Waals surface area contributed by atoms with Crippen LogP contribution < -0.4 is 4.74 Å². The first-order valence-electron chi connectivity index (χ1n) is 15.7. The molecule has 220 valence electrons. The van der Waals surface area contributed by atoms with Crippen LogP contribution in [-0.2, 0) is 25.7 Å². The number of rotatable bonds is 12. The van der Waals surface area contributed by atoms with Crippen molar-refractivity contribution in [2.24, 2.45) is 0 Å². The van der Waals surface area contributed by atoms with Crippen molar-refractivity contribution in [2.45, 2.75) is 25.7 Å². The molecule has 0 aliphatic carbocycles. The van der Waals surface area contributed by atoms with Gasteiger partial charge in [0.25, 0.3) is 0 Å². The van der Waals surface area contributed by atoms with Gasteiger partial charge in [0.2, 0.25) is 0 Å². The third kappa shape index (κ3) is 8.37. The molecule has 45 heavy (non-hydrogen) atoms. The van der Waals surface area contributed by atoms with E-state index < -0.39 is 0 Å². The number of benzene rings is 6. The van der Waals surface area contributed by atoms with Gasteiger partial charge in [-0.15, -0.1) is 0 Å². The molecule has 0 radical (unpaired) electrons. The van der Waals surface area contributed by atoms with Crippen LogP contribution in [0.3, 0.4) is 0 Å². The third-order valence-electron chi connectivity index (χ3n) is 7.97. The summed E-state index contributed by atoms with van der Waals surface area (Å²) < 4.78 is 6.90. The SMILES string of the molecule is C(=Cc1c(Cc2ccccc2)cccc1Oc1cccc(Cc2ccccc2)c1C=CCc1ccccc1)Cc1ccccc1. The van der Waals surface area contributed by atoms with Gasteiger partial charge in [0.15, 0.2) is 0 Å². The lowest BCUT2D eigenvalue weighted by atomic mass is 9.97. The zero-order valence-electron chi connectivity index (χ0n) is 25.6. The Hall–Kier alpha value is -5.40. The predicted octanol–water partition coefficient (Wildman–Crippen LogP) is 11.2. The van der Waals surface area contributed by atoms with Gasteiger partial charge in [0.05, 0.1) is 0 Å². The Bertz CT molecular complexity index is 1700. The van der Waals surface area contributed by atoms with Gasteiger partial charge in [-0.1, -0.05) is 170 Å². The van der Waals surface area contributed by atoms with Crippen molar-refractivity contribution in [1.82, 2.24) is 0 Å². The fourth-order valence-electron chi connectivity index (χ4n) is 5.65. The Morgan fingerprint density at radius 1 is 0.356 bits per heavy atom. The van der Waals surface area contributed by atoms with E-state index >= 15 is 0 Å². The fraction of sp³-hybridized carbons (Fsp3) is 0.0909. The number of hydrogen-bond donors (Lipinski definition) is 0. The minimum Gasteiger partial charge on any atom is -0.456 e. The van der Waals surface area contributed by atoms with Gasteiger partial charge in [-0.2, -0.15) is 0 Å². The van der Waals surface area contributed by atoms with E-state index in [9.17, 15) is 0 Å². The molecule has 0 unspecified atom stereocenters. The standard InChI is InChI=1S/C44H38O/c1-5-17-35(18-6-1)25-13-29-41-39(33-37-21-9-3-10-22-37)27-15-31-43(41)45-44-32-16-28-40(34-38-23-11-4-12-24-38)42(44)30-14-26-36-19-7-2-8-20-36/h1-24,27-32H,25-26,33-34H2. The summed E-state index contributed by atoms with van der Waals surface area (Å²) in [5.41, 5.74) is 9.85. The lowest BCUT2D eigenvalue weighted by Crippen LogP contribution is -1.99. The molecule has 6 aromatic carbocycles. The first-order chi connectivity index (χ1) is 22.3. The zero-order chi connectivity index (χ0) is 30.5. The van der Waals surface area contributed by atoms with Crippen LogP contribution in [0.2, 0.25) is 0 Å². The summed E-state index contributed by atoms with van der Waals surface area (Å²) in [6.45, 7) is 0. The van der Waals surface area contributed by atoms with Gasteiger partial charge in [-0.3, -0.25) is 0 Å². The van der Waals surface area contributed by atoms with Crippen LogP contribution in [0.15, 0.2) is 170 Å². The monoisotopic (exact) mass is 582 g/mol. The van der Waals surface area contributed by atoms with Crippen LogP contribution in [0.25, 0.3) is 12.2 Å². The summed E-state index contributed by atoms with van der Waals surface area (Å²) in [5, 5.41) is 0. The number of allylic oxidation sites excluding steroid dienone is 2. The molecule has 0 aliphatic heterocycles. The molecule has 0 spiro atoms. The zero-order valence-corrected chi connectivity index (χ0v) is 25.6. The Morgan fingerprint density at radius 2 is 0.711 bits per heavy atom. The largest absolute Gasteiger partial charge is 0.456 e. The second-order valence-electron chi connectivity index (χ2n) is 11.3. The van der Waals surface area contributed by atoms with Crippen molar-refractivity contribution in [2.75, 3.05) is 0 Å². The smallest absolute Gasteiger partial charge is 0.134 e. The minimum atomic E-state index is 0.834. The number of hydrogen-bond acceptors (Lipinski definition) is 1. The molecular formula is C44H38O. The molecule has 0 aromatic heterocycles. The molecule has 1 heteroatoms. The van der Waals surface area contributed by atoms with Crippen LogP contribution in [0.1, 0.15) is 44.5 Å². The maximum Gasteiger partial charge on any atom is 0.134 e. The predicted molar refractivity (Wildman–Crippen MR) is 190 cm³/mol. The van der Waals surface area contributed by atoms with Crippen molar-refractivity contribution >= 4 is 12.2 Å². The van der Waals surface area contributed by atoms with E-state index in [-0.39, 0.29) is 0 Å². The average molecular weight is 583 g/mol. The molecule has 0 heterocycles. The van der Waals surface area contributed by atoms with Crippen molar-refractivity contribution in [3.8, 4) is 11.5 Å². The van der Waals surface area contributed by atoms with Crippen molar-refractivity contribution in [3.05, 3.63) is 214 Å². The first kappa shape index (κ1) is 29.7. The van der Waals surface area contributed by atoms with Crippen LogP contribution in [-0.4, -0.2) is 0 Å². The lowest BCUT2D eigenvalue weighted by Gasteiger charge is -2.17. The van der Waals surface area contributed by atoms with Crippen molar-refractivity contribution < 1.29 is 4.74 Å². The molecular weight excluding hydrogens is 544 g/mol. The molecule has 0 fully saturated rings. The van der Waals surface area contributed by atoms with Crippen LogP contribution in [0.5, 0.6) is 11.5 Å². The lowest BCUT2D eigenvalue weighted by molar-refractivity contribution is 0.479. The van der Waals surface area contributed by atoms with Gasteiger partial charge in [0, 0.05) is 11.1 Å². The van der Waals surface area contributed by atoms with Gasteiger partial charge in [0.1, 0.15) is 11.5 Å². The Labute approximate surface area is 267 Å². The van der Waals surface area contributed by atoms with E-state index in [4.69, 9.17) is 4.74 Å². The fourth-order valence-corrected chi connectivity index (χ4v) is 5.65. The minimum absolute atomic E-state index is 0.834. The quantitative estimate of drug-likeness (QED) is 0.139. The third-order valence-corrected chi connectivity index (χ3v) is 7.97. The molecule has 0 amide bonds. The van der Waals surface area contributed by atoms with E-state index in [1.165, 1.54) is 33.4 Å². The van der Waals surface area contributed by atoms with Gasteiger partial charge in [-0.05, 0) is 71.2 Å². The van der Waals surface area contributed by atoms with E-state index in [1.807, 2.05) is 0 Å². The first-order valence-corrected chi connectivity index (χ1v) is 15.7. The molecule has 0 atom stereocenters. The Balaban J connectivity index is 1.37. The molecule has 0 aliphatic rings. The second-order valence-corrected chi connectivity index (χ2v) is 11.3. The maximum atomic E-state index is 6.90. The number of ether oxygens (including phenoxy) is 1. The van der Waals surface area contributed by atoms with E-state index in [2.05, 4.69) is 182 Å². The normalized spacial score (nSPS) is 11.3. The van der Waals surface area contributed by atoms with E-state index in [0.29, 0.717) is 0 Å². The highest BCUT2D eigenvalue weighted by atomic mass is 16.5. The highest BCUT2D eigenvalue weighted by molar-refractivity contribution is 5.66. The molecule has 0 saturated heterocycles. The van der Waals surface area contributed by atoms with E-state index in [0.717, 1.165) is 48.3 Å². The molecule has 6 aromatic rings. The maximum absolute atomic E-state index is 6.90. The molecule has 0 saturated carbocycles. The van der Waals surface area contributed by atoms with Gasteiger partial charge < -0.3 is 4.74 Å². The summed E-state index contributed by atoms with van der Waals surface area (Å²) in [5.74, 6) is 1.73. The van der Waals surface area contributed by atoms with Crippen molar-refractivity contribution in [3.63, 3.8) is 0 Å². The van der Waals surface area contributed by atoms with E-state index in [1.54, 1.807) is 0 Å². The second kappa shape index (κ2) is 15.4. The summed E-state index contributed by atoms with van der Waals surface area (Å²) in [6, 6.07) is 55.3. The van der Waals surface area contributed by atoms with Crippen molar-refractivity contribution in [1.29, 1.82) is 0 Å².